The van der Waals surface area contributed by atoms with Crippen molar-refractivity contribution in [1.29, 1.82) is 0 Å². The predicted molar refractivity (Wildman–Crippen MR) is 70.8 cm³/mol. The second-order valence-electron chi connectivity index (χ2n) is 4.19. The number of H-pyrrole nitrogens is 1. The molecule has 0 aliphatic carbocycles. The maximum Gasteiger partial charge on any atom is 0.330 e. The molecule has 1 aliphatic rings. The number of nitrogens with two attached hydrogens (primary N) is 1. The number of hydrogen-bond donors (Lipinski definition) is 4. The van der Waals surface area contributed by atoms with E-state index in [0.29, 0.717) is 0 Å². The van der Waals surface area contributed by atoms with Gasteiger partial charge in [0, 0.05) is 13.3 Å². The minimum Gasteiger partial charge on any atom is -0.394 e. The smallest absolute Gasteiger partial charge is 0.330 e. The van der Waals surface area contributed by atoms with Gasteiger partial charge in [-0.15, -0.1) is 12.4 Å². The number of aliphatic hydroxyl groups is 2. The van der Waals surface area contributed by atoms with Crippen LogP contribution < -0.4 is 17.0 Å². The standard InChI is InChI=1S/C10H15N3O6.ClH/c1-18-7-6(15)5(3-14)19-9(7)13-2-4(11)8(16)12-10(13)17;/h2,5-7,9,14-15H,3,11H2,1H3,(H,12,16,17);1H/t5-,6-,7-,9-;/m1./s1. The molecule has 2 rings (SSSR count). The molecule has 9 nitrogen and oxygen atoms in total. The van der Waals surface area contributed by atoms with E-state index < -0.39 is 42.4 Å². The molecule has 0 saturated carbocycles. The number of nitrogen functional groups attached to an aromatic ring is 1. The highest BCUT2D eigenvalue weighted by molar-refractivity contribution is 5.85. The molecule has 0 bridgehead atoms. The molecule has 0 amide bonds. The lowest BCUT2D eigenvalue weighted by Gasteiger charge is -2.20. The van der Waals surface area contributed by atoms with Gasteiger partial charge in [-0.25, -0.2) is 4.79 Å². The van der Waals surface area contributed by atoms with Gasteiger partial charge in [0.25, 0.3) is 5.56 Å². The van der Waals surface area contributed by atoms with Crippen molar-refractivity contribution in [2.45, 2.75) is 24.5 Å². The van der Waals surface area contributed by atoms with E-state index in [-0.39, 0.29) is 18.1 Å². The van der Waals surface area contributed by atoms with Gasteiger partial charge in [0.2, 0.25) is 0 Å². The summed E-state index contributed by atoms with van der Waals surface area (Å²) in [4.78, 5) is 24.9. The highest BCUT2D eigenvalue weighted by atomic mass is 35.5. The van der Waals surface area contributed by atoms with E-state index in [4.69, 9.17) is 20.3 Å². The van der Waals surface area contributed by atoms with Crippen molar-refractivity contribution < 1.29 is 19.7 Å². The van der Waals surface area contributed by atoms with E-state index in [0.717, 1.165) is 10.8 Å². The summed E-state index contributed by atoms with van der Waals surface area (Å²) >= 11 is 0. The maximum atomic E-state index is 11.7. The monoisotopic (exact) mass is 309 g/mol. The van der Waals surface area contributed by atoms with Crippen molar-refractivity contribution >= 4 is 18.1 Å². The average Bonchev–Trinajstić information content (AvgIpc) is 2.70. The molecule has 20 heavy (non-hydrogen) atoms. The molecule has 0 unspecified atom stereocenters. The Morgan fingerprint density at radius 3 is 2.75 bits per heavy atom. The van der Waals surface area contributed by atoms with E-state index in [2.05, 4.69) is 0 Å². The summed E-state index contributed by atoms with van der Waals surface area (Å²) in [6.45, 7) is -0.425. The van der Waals surface area contributed by atoms with Gasteiger partial charge in [-0.2, -0.15) is 0 Å². The number of ether oxygens (including phenoxy) is 2. The third-order valence-electron chi connectivity index (χ3n) is 3.03. The van der Waals surface area contributed by atoms with Crippen LogP contribution in [0.15, 0.2) is 15.8 Å². The van der Waals surface area contributed by atoms with Crippen molar-refractivity contribution in [3.63, 3.8) is 0 Å². The number of aliphatic hydroxyl groups excluding tert-OH is 2. The van der Waals surface area contributed by atoms with Crippen molar-refractivity contribution in [2.24, 2.45) is 0 Å². The van der Waals surface area contributed by atoms with Gasteiger partial charge >= 0.3 is 5.69 Å². The Balaban J connectivity index is 0.00000200. The fraction of sp³-hybridized carbons (Fsp3) is 0.600. The molecule has 1 saturated heterocycles. The van der Waals surface area contributed by atoms with Gasteiger partial charge in [-0.05, 0) is 0 Å². The molecule has 0 radical (unpaired) electrons. The van der Waals surface area contributed by atoms with Crippen LogP contribution in [0.3, 0.4) is 0 Å². The second-order valence-corrected chi connectivity index (χ2v) is 4.19. The average molecular weight is 310 g/mol. The SMILES string of the molecule is CO[C@@H]1[C@H](O)[C@@H](CO)O[C@H]1n1cc(N)c(=O)[nH]c1=O.Cl. The van der Waals surface area contributed by atoms with Gasteiger partial charge in [-0.1, -0.05) is 0 Å². The summed E-state index contributed by atoms with van der Waals surface area (Å²) in [5.74, 6) is 0. The zero-order valence-corrected chi connectivity index (χ0v) is 11.4. The number of hydrogen-bond acceptors (Lipinski definition) is 7. The Morgan fingerprint density at radius 2 is 2.20 bits per heavy atom. The van der Waals surface area contributed by atoms with E-state index in [1.54, 1.807) is 0 Å². The quantitative estimate of drug-likeness (QED) is 0.497. The molecule has 1 aliphatic heterocycles. The van der Waals surface area contributed by atoms with Gasteiger partial charge in [0.1, 0.15) is 24.0 Å². The number of rotatable bonds is 3. The topological polar surface area (TPSA) is 140 Å². The Kier molecular flexibility index (Phi) is 5.31. The van der Waals surface area contributed by atoms with Crippen LogP contribution in [0.1, 0.15) is 6.23 Å². The fourth-order valence-corrected chi connectivity index (χ4v) is 2.04. The van der Waals surface area contributed by atoms with E-state index in [1.807, 2.05) is 4.98 Å². The fourth-order valence-electron chi connectivity index (χ4n) is 2.04. The van der Waals surface area contributed by atoms with Crippen LogP contribution >= 0.6 is 12.4 Å². The van der Waals surface area contributed by atoms with Crippen LogP contribution in [-0.4, -0.2) is 51.8 Å². The number of methoxy groups -OCH3 is 1. The van der Waals surface area contributed by atoms with Crippen LogP contribution in [0.4, 0.5) is 5.69 Å². The van der Waals surface area contributed by atoms with Gasteiger partial charge in [-0.3, -0.25) is 14.3 Å². The lowest BCUT2D eigenvalue weighted by Crippen LogP contribution is -2.39. The summed E-state index contributed by atoms with van der Waals surface area (Å²) in [7, 11) is 1.34. The number of halogens is 1. The largest absolute Gasteiger partial charge is 0.394 e. The number of aromatic nitrogens is 2. The van der Waals surface area contributed by atoms with Crippen LogP contribution in [0.2, 0.25) is 0 Å². The molecule has 5 N–H and O–H groups in total. The molecule has 4 atom stereocenters. The zero-order chi connectivity index (χ0) is 14.2. The lowest BCUT2D eigenvalue weighted by atomic mass is 10.1. The molecule has 0 aromatic carbocycles. The zero-order valence-electron chi connectivity index (χ0n) is 10.6. The Labute approximate surface area is 119 Å². The van der Waals surface area contributed by atoms with Gasteiger partial charge in [0.05, 0.1) is 6.61 Å². The number of nitrogens with zero attached hydrogens (tertiary/aromatic N) is 1. The third kappa shape index (κ3) is 2.72. The molecule has 10 heteroatoms. The molecule has 0 spiro atoms. The Hall–Kier alpha value is -1.39. The minimum absolute atomic E-state index is 0. The number of nitrogens with one attached hydrogen (secondary N) is 1. The lowest BCUT2D eigenvalue weighted by molar-refractivity contribution is -0.0624. The summed E-state index contributed by atoms with van der Waals surface area (Å²) in [5, 5.41) is 18.9. The van der Waals surface area contributed by atoms with E-state index in [1.165, 1.54) is 7.11 Å². The highest BCUT2D eigenvalue weighted by Crippen LogP contribution is 2.30. The van der Waals surface area contributed by atoms with Gasteiger partial charge < -0.3 is 25.4 Å². The summed E-state index contributed by atoms with van der Waals surface area (Å²) < 4.78 is 11.4. The molecule has 1 aromatic heterocycles. The van der Waals surface area contributed by atoms with Crippen LogP contribution in [-0.2, 0) is 9.47 Å². The molecule has 1 fully saturated rings. The minimum atomic E-state index is -1.10. The van der Waals surface area contributed by atoms with Crippen molar-refractivity contribution in [1.82, 2.24) is 9.55 Å². The van der Waals surface area contributed by atoms with Gasteiger partial charge in [0.15, 0.2) is 6.23 Å². The third-order valence-corrected chi connectivity index (χ3v) is 3.03. The van der Waals surface area contributed by atoms with Crippen LogP contribution in [0, 0.1) is 0 Å². The van der Waals surface area contributed by atoms with E-state index in [9.17, 15) is 14.7 Å². The molecular formula is C10H16ClN3O6. The summed E-state index contributed by atoms with van der Waals surface area (Å²) in [6.07, 6.45) is -2.70. The predicted octanol–water partition coefficient (Wildman–Crippen LogP) is -2.19. The molecule has 114 valence electrons. The maximum absolute atomic E-state index is 11.7. The first-order chi connectivity index (χ1) is 8.99. The Bertz CT molecular complexity index is 573. The first-order valence-corrected chi connectivity index (χ1v) is 5.57. The summed E-state index contributed by atoms with van der Waals surface area (Å²) in [6, 6.07) is 0. The van der Waals surface area contributed by atoms with Crippen molar-refractivity contribution in [3.8, 4) is 0 Å². The summed E-state index contributed by atoms with van der Waals surface area (Å²) in [5.41, 5.74) is 3.83. The first kappa shape index (κ1) is 16.7. The van der Waals surface area contributed by atoms with Crippen molar-refractivity contribution in [2.75, 3.05) is 19.5 Å². The number of aromatic amines is 1. The molecular weight excluding hydrogens is 294 g/mol. The Morgan fingerprint density at radius 1 is 1.55 bits per heavy atom. The van der Waals surface area contributed by atoms with Crippen LogP contribution in [0.25, 0.3) is 0 Å². The molecule has 1 aromatic rings. The second kappa shape index (κ2) is 6.37. The number of anilines is 1. The highest BCUT2D eigenvalue weighted by Gasteiger charge is 2.45. The van der Waals surface area contributed by atoms with E-state index >= 15 is 0 Å². The molecule has 2 heterocycles. The first-order valence-electron chi connectivity index (χ1n) is 5.57. The van der Waals surface area contributed by atoms with Crippen LogP contribution in [0.5, 0.6) is 0 Å². The normalized spacial score (nSPS) is 29.1. The van der Waals surface area contributed by atoms with Crippen molar-refractivity contribution in [3.05, 3.63) is 27.0 Å².